The van der Waals surface area contributed by atoms with Crippen molar-refractivity contribution in [3.63, 3.8) is 0 Å². The number of pyridine rings is 1. The number of halogens is 1. The van der Waals surface area contributed by atoms with Gasteiger partial charge in [-0.2, -0.15) is 0 Å². The molecule has 0 bridgehead atoms. The van der Waals surface area contributed by atoms with E-state index in [2.05, 4.69) is 25.2 Å². The maximum Gasteiger partial charge on any atom is 0.291 e. The molecular weight excluding hydrogens is 364 g/mol. The van der Waals surface area contributed by atoms with E-state index in [0.717, 1.165) is 48.0 Å². The van der Waals surface area contributed by atoms with Gasteiger partial charge < -0.3 is 15.1 Å². The zero-order valence-electron chi connectivity index (χ0n) is 16.4. The van der Waals surface area contributed by atoms with Gasteiger partial charge in [-0.15, -0.1) is 0 Å². The van der Waals surface area contributed by atoms with Gasteiger partial charge in [0.05, 0.1) is 5.02 Å². The fourth-order valence-electron chi connectivity index (χ4n) is 3.12. The van der Waals surface area contributed by atoms with Crippen LogP contribution in [0.2, 0.25) is 5.02 Å². The van der Waals surface area contributed by atoms with E-state index in [4.69, 9.17) is 11.6 Å². The molecule has 2 aromatic rings. The summed E-state index contributed by atoms with van der Waals surface area (Å²) in [5.74, 6) is 1.71. The minimum Gasteiger partial charge on any atom is -0.365 e. The lowest BCUT2D eigenvalue weighted by Crippen LogP contribution is -2.30. The number of nitrogens with one attached hydrogen (secondary N) is 1. The smallest absolute Gasteiger partial charge is 0.291 e. The molecule has 7 nitrogen and oxygen atoms in total. The lowest BCUT2D eigenvalue weighted by Gasteiger charge is -2.22. The van der Waals surface area contributed by atoms with Crippen molar-refractivity contribution in [3.05, 3.63) is 39.9 Å². The van der Waals surface area contributed by atoms with Gasteiger partial charge in [0.2, 0.25) is 5.82 Å². The minimum absolute atomic E-state index is 0.186. The van der Waals surface area contributed by atoms with Gasteiger partial charge in [0.15, 0.2) is 0 Å². The monoisotopic (exact) mass is 388 g/mol. The standard InChI is InChI=1S/C19H25ClN6O/c1-11-8-16(21-9-15(11)20)23-14-6-7-26(10-14)18-12(2)13(3)22-17(24-18)19(27)25(4)5/h8-9,14H,6-7,10H2,1-5H3,(H,21,23)/t14-/m1/s1. The number of carbonyl (C=O) groups excluding carboxylic acids is 1. The van der Waals surface area contributed by atoms with E-state index in [1.54, 1.807) is 20.3 Å². The Morgan fingerprint density at radius 1 is 1.30 bits per heavy atom. The summed E-state index contributed by atoms with van der Waals surface area (Å²) in [5, 5.41) is 4.13. The fraction of sp³-hybridized carbons (Fsp3) is 0.474. The highest BCUT2D eigenvalue weighted by Gasteiger charge is 2.27. The van der Waals surface area contributed by atoms with Crippen molar-refractivity contribution in [1.82, 2.24) is 19.9 Å². The van der Waals surface area contributed by atoms with Crippen LogP contribution in [0.4, 0.5) is 11.6 Å². The Labute approximate surface area is 164 Å². The highest BCUT2D eigenvalue weighted by Crippen LogP contribution is 2.26. The van der Waals surface area contributed by atoms with Crippen LogP contribution in [0.1, 0.15) is 33.9 Å². The minimum atomic E-state index is -0.186. The Kier molecular flexibility index (Phi) is 5.51. The van der Waals surface area contributed by atoms with Crippen molar-refractivity contribution in [2.45, 2.75) is 33.2 Å². The molecule has 1 atom stereocenters. The summed E-state index contributed by atoms with van der Waals surface area (Å²) in [4.78, 5) is 29.3. The maximum atomic E-state index is 12.3. The summed E-state index contributed by atoms with van der Waals surface area (Å²) >= 11 is 6.05. The molecule has 1 N–H and O–H groups in total. The highest BCUT2D eigenvalue weighted by atomic mass is 35.5. The van der Waals surface area contributed by atoms with E-state index in [1.807, 2.05) is 26.8 Å². The molecule has 1 amide bonds. The van der Waals surface area contributed by atoms with Gasteiger partial charge in [-0.05, 0) is 38.8 Å². The number of aryl methyl sites for hydroxylation is 2. The van der Waals surface area contributed by atoms with Crippen molar-refractivity contribution < 1.29 is 4.79 Å². The molecule has 144 valence electrons. The van der Waals surface area contributed by atoms with Gasteiger partial charge in [-0.1, -0.05) is 11.6 Å². The molecule has 1 aliphatic heterocycles. The zero-order valence-corrected chi connectivity index (χ0v) is 17.1. The lowest BCUT2D eigenvalue weighted by molar-refractivity contribution is 0.0815. The van der Waals surface area contributed by atoms with Gasteiger partial charge in [0, 0.05) is 50.7 Å². The second kappa shape index (κ2) is 7.68. The Morgan fingerprint density at radius 2 is 2.04 bits per heavy atom. The third-order valence-corrected chi connectivity index (χ3v) is 5.24. The summed E-state index contributed by atoms with van der Waals surface area (Å²) in [6, 6.07) is 2.21. The molecule has 27 heavy (non-hydrogen) atoms. The third-order valence-electron chi connectivity index (χ3n) is 4.85. The fourth-order valence-corrected chi connectivity index (χ4v) is 3.22. The Balaban J connectivity index is 1.78. The van der Waals surface area contributed by atoms with E-state index in [1.165, 1.54) is 4.90 Å². The average molecular weight is 389 g/mol. The zero-order chi connectivity index (χ0) is 19.7. The Hall–Kier alpha value is -2.41. The van der Waals surface area contributed by atoms with Crippen LogP contribution in [-0.2, 0) is 0 Å². The first-order valence-corrected chi connectivity index (χ1v) is 9.34. The quantitative estimate of drug-likeness (QED) is 0.868. The predicted molar refractivity (Wildman–Crippen MR) is 108 cm³/mol. The van der Waals surface area contributed by atoms with Crippen LogP contribution in [0.5, 0.6) is 0 Å². The van der Waals surface area contributed by atoms with Crippen molar-refractivity contribution in [2.24, 2.45) is 0 Å². The number of aromatic nitrogens is 3. The normalized spacial score (nSPS) is 16.5. The number of amides is 1. The SMILES string of the molecule is Cc1cc(N[C@@H]2CCN(c3nc(C(=O)N(C)C)nc(C)c3C)C2)ncc1Cl. The molecule has 1 aliphatic rings. The maximum absolute atomic E-state index is 12.3. The highest BCUT2D eigenvalue weighted by molar-refractivity contribution is 6.31. The first-order valence-electron chi connectivity index (χ1n) is 8.96. The first kappa shape index (κ1) is 19.4. The largest absolute Gasteiger partial charge is 0.365 e. The van der Waals surface area contributed by atoms with E-state index >= 15 is 0 Å². The van der Waals surface area contributed by atoms with Crippen molar-refractivity contribution >= 4 is 29.1 Å². The molecule has 0 aliphatic carbocycles. The van der Waals surface area contributed by atoms with E-state index in [-0.39, 0.29) is 17.8 Å². The van der Waals surface area contributed by atoms with Crippen LogP contribution >= 0.6 is 11.6 Å². The molecule has 0 unspecified atom stereocenters. The summed E-state index contributed by atoms with van der Waals surface area (Å²) < 4.78 is 0. The summed E-state index contributed by atoms with van der Waals surface area (Å²) in [5.41, 5.74) is 2.83. The van der Waals surface area contributed by atoms with E-state index in [0.29, 0.717) is 5.02 Å². The number of carbonyl (C=O) groups is 1. The topological polar surface area (TPSA) is 74.2 Å². The number of hydrogen-bond acceptors (Lipinski definition) is 6. The van der Waals surface area contributed by atoms with E-state index in [9.17, 15) is 4.79 Å². The molecule has 0 spiro atoms. The van der Waals surface area contributed by atoms with Crippen LogP contribution in [0.15, 0.2) is 12.3 Å². The summed E-state index contributed by atoms with van der Waals surface area (Å²) in [6.45, 7) is 7.53. The number of hydrogen-bond donors (Lipinski definition) is 1. The van der Waals surface area contributed by atoms with E-state index < -0.39 is 0 Å². The van der Waals surface area contributed by atoms with Gasteiger partial charge >= 0.3 is 0 Å². The molecule has 0 radical (unpaired) electrons. The van der Waals surface area contributed by atoms with Crippen LogP contribution in [0.25, 0.3) is 0 Å². The first-order chi connectivity index (χ1) is 12.8. The van der Waals surface area contributed by atoms with Crippen LogP contribution < -0.4 is 10.2 Å². The second-order valence-corrected chi connectivity index (χ2v) is 7.58. The molecule has 3 heterocycles. The van der Waals surface area contributed by atoms with Crippen LogP contribution in [0, 0.1) is 20.8 Å². The number of rotatable bonds is 4. The molecule has 3 rings (SSSR count). The Morgan fingerprint density at radius 3 is 2.70 bits per heavy atom. The third kappa shape index (κ3) is 4.13. The van der Waals surface area contributed by atoms with Crippen LogP contribution in [0.3, 0.4) is 0 Å². The molecule has 0 saturated carbocycles. The summed E-state index contributed by atoms with van der Waals surface area (Å²) in [7, 11) is 3.41. The van der Waals surface area contributed by atoms with Crippen molar-refractivity contribution in [2.75, 3.05) is 37.4 Å². The molecule has 2 aromatic heterocycles. The van der Waals surface area contributed by atoms with Crippen molar-refractivity contribution in [1.29, 1.82) is 0 Å². The molecule has 1 saturated heterocycles. The van der Waals surface area contributed by atoms with Gasteiger partial charge in [0.1, 0.15) is 11.6 Å². The second-order valence-electron chi connectivity index (χ2n) is 7.18. The van der Waals surface area contributed by atoms with Crippen LogP contribution in [-0.4, -0.2) is 59.0 Å². The lowest BCUT2D eigenvalue weighted by atomic mass is 10.2. The number of anilines is 2. The molecule has 8 heteroatoms. The average Bonchev–Trinajstić information content (AvgIpc) is 3.08. The molecule has 1 fully saturated rings. The van der Waals surface area contributed by atoms with Gasteiger partial charge in [-0.25, -0.2) is 15.0 Å². The predicted octanol–water partition coefficient (Wildman–Crippen LogP) is 2.84. The van der Waals surface area contributed by atoms with Crippen molar-refractivity contribution in [3.8, 4) is 0 Å². The summed E-state index contributed by atoms with van der Waals surface area (Å²) in [6.07, 6.45) is 2.63. The molecular formula is C19H25ClN6O. The molecule has 0 aromatic carbocycles. The van der Waals surface area contributed by atoms with Gasteiger partial charge in [-0.3, -0.25) is 4.79 Å². The number of nitrogens with zero attached hydrogens (tertiary/aromatic N) is 5. The van der Waals surface area contributed by atoms with Gasteiger partial charge in [0.25, 0.3) is 5.91 Å². The Bertz CT molecular complexity index is 870.